The lowest BCUT2D eigenvalue weighted by Gasteiger charge is -2.38. The van der Waals surface area contributed by atoms with Crippen molar-refractivity contribution < 1.29 is 14.3 Å². The Morgan fingerprint density at radius 1 is 1.23 bits per heavy atom. The Morgan fingerprint density at radius 3 is 2.41 bits per heavy atom. The van der Waals surface area contributed by atoms with Gasteiger partial charge in [-0.25, -0.2) is 4.79 Å². The molecular weight excluding hydrogens is 346 g/mol. The number of rotatable bonds is 2. The minimum Gasteiger partial charge on any atom is -0.444 e. The molecule has 124 valence electrons. The van der Waals surface area contributed by atoms with Crippen LogP contribution in [0.25, 0.3) is 0 Å². The summed E-state index contributed by atoms with van der Waals surface area (Å²) in [6.45, 7) is 7.13. The van der Waals surface area contributed by atoms with Crippen LogP contribution in [-0.2, 0) is 9.47 Å². The highest BCUT2D eigenvalue weighted by Gasteiger charge is 2.33. The maximum atomic E-state index is 12.0. The normalized spacial score (nSPS) is 25.9. The Bertz CT molecular complexity index is 435. The molecule has 22 heavy (non-hydrogen) atoms. The van der Waals surface area contributed by atoms with Gasteiger partial charge in [-0.3, -0.25) is 0 Å². The van der Waals surface area contributed by atoms with Crippen molar-refractivity contribution in [2.24, 2.45) is 5.92 Å². The van der Waals surface area contributed by atoms with Crippen LogP contribution in [0.4, 0.5) is 4.79 Å². The van der Waals surface area contributed by atoms with Crippen molar-refractivity contribution >= 4 is 22.0 Å². The summed E-state index contributed by atoms with van der Waals surface area (Å²) in [7, 11) is 0. The Balaban J connectivity index is 1.65. The van der Waals surface area contributed by atoms with Gasteiger partial charge in [0.05, 0.1) is 17.5 Å². The largest absolute Gasteiger partial charge is 0.444 e. The quantitative estimate of drug-likeness (QED) is 0.549. The van der Waals surface area contributed by atoms with Gasteiger partial charge in [0, 0.05) is 19.0 Å². The molecule has 0 atom stereocenters. The SMILES string of the molecule is CC(C)(C)OC(=O)N1CCC(OC2CC(C#CCBr)C2)CC1. The minimum atomic E-state index is -0.429. The van der Waals surface area contributed by atoms with Gasteiger partial charge in [-0.1, -0.05) is 27.8 Å². The molecule has 2 rings (SSSR count). The first-order chi connectivity index (χ1) is 10.4. The highest BCUT2D eigenvalue weighted by atomic mass is 79.9. The molecule has 0 N–H and O–H groups in total. The third-order valence-electron chi connectivity index (χ3n) is 3.95. The van der Waals surface area contributed by atoms with Crippen molar-refractivity contribution in [1.82, 2.24) is 4.90 Å². The summed E-state index contributed by atoms with van der Waals surface area (Å²) in [4.78, 5) is 13.8. The molecule has 1 heterocycles. The Morgan fingerprint density at radius 2 is 1.86 bits per heavy atom. The van der Waals surface area contributed by atoms with E-state index in [4.69, 9.17) is 9.47 Å². The van der Waals surface area contributed by atoms with Crippen LogP contribution in [0.5, 0.6) is 0 Å². The lowest BCUT2D eigenvalue weighted by Crippen LogP contribution is -2.45. The smallest absolute Gasteiger partial charge is 0.410 e. The van der Waals surface area contributed by atoms with Crippen molar-refractivity contribution in [3.8, 4) is 11.8 Å². The molecule has 1 aliphatic carbocycles. The molecule has 1 saturated heterocycles. The number of piperidine rings is 1. The molecule has 0 bridgehead atoms. The highest BCUT2D eigenvalue weighted by Crippen LogP contribution is 2.32. The molecule has 0 radical (unpaired) electrons. The fourth-order valence-corrected chi connectivity index (χ4v) is 2.91. The Kier molecular flexibility index (Phi) is 6.17. The Labute approximate surface area is 142 Å². The molecule has 2 aliphatic rings. The summed E-state index contributed by atoms with van der Waals surface area (Å²) in [6.07, 6.45) is 4.31. The van der Waals surface area contributed by atoms with Crippen LogP contribution < -0.4 is 0 Å². The highest BCUT2D eigenvalue weighted by molar-refractivity contribution is 9.09. The van der Waals surface area contributed by atoms with Gasteiger partial charge in [0.15, 0.2) is 0 Å². The van der Waals surface area contributed by atoms with Gasteiger partial charge in [0.25, 0.3) is 0 Å². The van der Waals surface area contributed by atoms with Gasteiger partial charge in [0.1, 0.15) is 5.60 Å². The van der Waals surface area contributed by atoms with Gasteiger partial charge in [-0.15, -0.1) is 0 Å². The lowest BCUT2D eigenvalue weighted by atomic mass is 9.82. The third kappa shape index (κ3) is 5.48. The third-order valence-corrected chi connectivity index (χ3v) is 4.23. The van der Waals surface area contributed by atoms with Gasteiger partial charge >= 0.3 is 6.09 Å². The average Bonchev–Trinajstić information content (AvgIpc) is 2.40. The van der Waals surface area contributed by atoms with E-state index in [-0.39, 0.29) is 12.2 Å². The van der Waals surface area contributed by atoms with Gasteiger partial charge in [0.2, 0.25) is 0 Å². The minimum absolute atomic E-state index is 0.209. The van der Waals surface area contributed by atoms with E-state index < -0.39 is 5.60 Å². The van der Waals surface area contributed by atoms with E-state index in [1.807, 2.05) is 20.8 Å². The molecular formula is C17H26BrNO3. The molecule has 1 saturated carbocycles. The van der Waals surface area contributed by atoms with Crippen molar-refractivity contribution in [2.45, 2.75) is 64.3 Å². The topological polar surface area (TPSA) is 38.8 Å². The van der Waals surface area contributed by atoms with Crippen molar-refractivity contribution in [3.05, 3.63) is 0 Å². The van der Waals surface area contributed by atoms with E-state index in [9.17, 15) is 4.79 Å². The Hall–Kier alpha value is -0.730. The van der Waals surface area contributed by atoms with E-state index in [0.717, 1.165) is 44.1 Å². The van der Waals surface area contributed by atoms with Crippen LogP contribution in [0.1, 0.15) is 46.5 Å². The average molecular weight is 372 g/mol. The summed E-state index contributed by atoms with van der Waals surface area (Å²) < 4.78 is 11.5. The fraction of sp³-hybridized carbons (Fsp3) is 0.824. The van der Waals surface area contributed by atoms with Crippen molar-refractivity contribution in [3.63, 3.8) is 0 Å². The molecule has 0 aromatic rings. The molecule has 0 unspecified atom stereocenters. The van der Waals surface area contributed by atoms with E-state index in [0.29, 0.717) is 12.0 Å². The molecule has 1 aliphatic heterocycles. The number of likely N-dealkylation sites (tertiary alicyclic amines) is 1. The standard InChI is InChI=1S/C17H26BrNO3/c1-17(2,3)22-16(20)19-9-6-14(7-10-19)21-15-11-13(12-15)5-4-8-18/h13-15H,6-12H2,1-3H3. The molecule has 0 aromatic heterocycles. The van der Waals surface area contributed by atoms with Crippen LogP contribution in [0, 0.1) is 17.8 Å². The second-order valence-corrected chi connectivity index (χ2v) is 7.61. The molecule has 1 amide bonds. The number of carbonyl (C=O) groups is 1. The van der Waals surface area contributed by atoms with E-state index in [2.05, 4.69) is 27.8 Å². The van der Waals surface area contributed by atoms with Gasteiger partial charge < -0.3 is 14.4 Å². The first-order valence-electron chi connectivity index (χ1n) is 8.05. The van der Waals surface area contributed by atoms with E-state index in [1.165, 1.54) is 0 Å². The maximum absolute atomic E-state index is 12.0. The second-order valence-electron chi connectivity index (χ2n) is 7.05. The maximum Gasteiger partial charge on any atom is 0.410 e. The predicted octanol–water partition coefficient (Wildman–Crippen LogP) is 3.58. The number of halogens is 1. The first kappa shape index (κ1) is 17.6. The van der Waals surface area contributed by atoms with Gasteiger partial charge in [-0.05, 0) is 46.5 Å². The summed E-state index contributed by atoms with van der Waals surface area (Å²) >= 11 is 3.31. The predicted molar refractivity (Wildman–Crippen MR) is 90.0 cm³/mol. The van der Waals surface area contributed by atoms with Crippen molar-refractivity contribution in [2.75, 3.05) is 18.4 Å². The molecule has 5 heteroatoms. The van der Waals surface area contributed by atoms with Crippen LogP contribution >= 0.6 is 15.9 Å². The number of hydrogen-bond donors (Lipinski definition) is 0. The summed E-state index contributed by atoms with van der Waals surface area (Å²) in [6, 6.07) is 0. The summed E-state index contributed by atoms with van der Waals surface area (Å²) in [5.41, 5.74) is -0.429. The van der Waals surface area contributed by atoms with Crippen LogP contribution in [0.2, 0.25) is 0 Å². The molecule has 4 nitrogen and oxygen atoms in total. The number of alkyl halides is 1. The number of carbonyl (C=O) groups excluding carboxylic acids is 1. The fourth-order valence-electron chi connectivity index (χ4n) is 2.75. The van der Waals surface area contributed by atoms with Crippen LogP contribution in [0.3, 0.4) is 0 Å². The monoisotopic (exact) mass is 371 g/mol. The van der Waals surface area contributed by atoms with E-state index >= 15 is 0 Å². The second kappa shape index (κ2) is 7.70. The zero-order valence-corrected chi connectivity index (χ0v) is 15.3. The van der Waals surface area contributed by atoms with Crippen LogP contribution in [-0.4, -0.2) is 47.2 Å². The van der Waals surface area contributed by atoms with Crippen LogP contribution in [0.15, 0.2) is 0 Å². The molecule has 0 aromatic carbocycles. The van der Waals surface area contributed by atoms with Gasteiger partial charge in [-0.2, -0.15) is 0 Å². The zero-order chi connectivity index (χ0) is 16.2. The van der Waals surface area contributed by atoms with Crippen molar-refractivity contribution in [1.29, 1.82) is 0 Å². The summed E-state index contributed by atoms with van der Waals surface area (Å²) in [5.74, 6) is 6.80. The lowest BCUT2D eigenvalue weighted by molar-refractivity contribution is -0.0848. The molecule has 0 spiro atoms. The first-order valence-corrected chi connectivity index (χ1v) is 9.17. The van der Waals surface area contributed by atoms with E-state index in [1.54, 1.807) is 4.90 Å². The number of nitrogens with zero attached hydrogens (tertiary/aromatic N) is 1. The summed E-state index contributed by atoms with van der Waals surface area (Å²) in [5, 5.41) is 0.748. The molecule has 2 fully saturated rings. The number of ether oxygens (including phenoxy) is 2. The number of amides is 1. The number of hydrogen-bond acceptors (Lipinski definition) is 3. The zero-order valence-electron chi connectivity index (χ0n) is 13.7.